The smallest absolute Gasteiger partial charge is 0.246 e. The lowest BCUT2D eigenvalue weighted by Gasteiger charge is -2.39. The van der Waals surface area contributed by atoms with Crippen molar-refractivity contribution in [3.8, 4) is 0 Å². The normalized spacial score (nSPS) is 16.6. The highest BCUT2D eigenvalue weighted by molar-refractivity contribution is 7.99. The van der Waals surface area contributed by atoms with Crippen molar-refractivity contribution in [1.82, 2.24) is 15.3 Å². The average Bonchev–Trinajstić information content (AvgIpc) is 2.84. The number of likely N-dealkylation sites (tertiary alicyclic amines) is 1. The Morgan fingerprint density at radius 2 is 1.91 bits per heavy atom. The van der Waals surface area contributed by atoms with Crippen molar-refractivity contribution in [3.63, 3.8) is 0 Å². The molecule has 1 fully saturated rings. The van der Waals surface area contributed by atoms with Gasteiger partial charge in [-0.1, -0.05) is 57.0 Å². The van der Waals surface area contributed by atoms with Crippen molar-refractivity contribution in [1.29, 1.82) is 0 Å². The van der Waals surface area contributed by atoms with Crippen LogP contribution < -0.4 is 5.32 Å². The van der Waals surface area contributed by atoms with Crippen LogP contribution >= 0.6 is 11.8 Å². The topological polar surface area (TPSA) is 90.0 Å². The Labute approximate surface area is 208 Å². The molecule has 1 aliphatic rings. The molecule has 0 radical (unpaired) electrons. The number of rotatable bonds is 13. The minimum Gasteiger partial charge on any atom is -0.343 e. The third-order valence-electron chi connectivity index (χ3n) is 6.58. The molecular formula is C26H41N3O4S. The van der Waals surface area contributed by atoms with E-state index in [1.807, 2.05) is 43.9 Å². The van der Waals surface area contributed by atoms with E-state index in [0.29, 0.717) is 36.9 Å². The van der Waals surface area contributed by atoms with Crippen molar-refractivity contribution in [3.05, 3.63) is 35.9 Å². The van der Waals surface area contributed by atoms with Crippen LogP contribution in [0.2, 0.25) is 0 Å². The van der Waals surface area contributed by atoms with Crippen LogP contribution in [0.5, 0.6) is 0 Å². The van der Waals surface area contributed by atoms with Gasteiger partial charge in [-0.15, -0.1) is 11.8 Å². The van der Waals surface area contributed by atoms with Gasteiger partial charge in [-0.05, 0) is 44.6 Å². The molecule has 1 aromatic carbocycles. The molecule has 0 unspecified atom stereocenters. The minimum atomic E-state index is -0.713. The Morgan fingerprint density at radius 3 is 2.50 bits per heavy atom. The molecule has 0 aromatic heterocycles. The quantitative estimate of drug-likeness (QED) is 0.246. The second-order valence-corrected chi connectivity index (χ2v) is 11.5. The molecule has 2 N–H and O–H groups in total. The molecule has 1 heterocycles. The van der Waals surface area contributed by atoms with Crippen LogP contribution in [-0.2, 0) is 20.1 Å². The molecule has 34 heavy (non-hydrogen) atoms. The molecule has 2 rings (SSSR count). The second kappa shape index (κ2) is 13.7. The van der Waals surface area contributed by atoms with Crippen LogP contribution in [0.15, 0.2) is 30.3 Å². The number of piperidine rings is 1. The highest BCUT2D eigenvalue weighted by atomic mass is 32.2. The first-order valence-electron chi connectivity index (χ1n) is 12.4. The SMILES string of the molecule is CCCC[C@H](CN(O)C=O)C(=O)N[C@H](C(=O)N1CCC(C)CC1)C(C)(C)SCc1ccccc1. The van der Waals surface area contributed by atoms with Crippen LogP contribution in [0, 0.1) is 11.8 Å². The van der Waals surface area contributed by atoms with Crippen molar-refractivity contribution in [2.45, 2.75) is 76.3 Å². The lowest BCUT2D eigenvalue weighted by molar-refractivity contribution is -0.155. The molecule has 2 atom stereocenters. The maximum absolute atomic E-state index is 13.7. The summed E-state index contributed by atoms with van der Waals surface area (Å²) < 4.78 is -0.565. The fourth-order valence-corrected chi connectivity index (χ4v) is 5.21. The molecule has 7 nitrogen and oxygen atoms in total. The van der Waals surface area contributed by atoms with E-state index >= 15 is 0 Å². The molecule has 1 aromatic rings. The van der Waals surface area contributed by atoms with E-state index in [4.69, 9.17) is 0 Å². The van der Waals surface area contributed by atoms with Gasteiger partial charge in [0.05, 0.1) is 12.5 Å². The standard InChI is InChI=1S/C26H41N3O4S/c1-5-6-12-22(17-29(33)19-30)24(31)27-23(25(32)28-15-13-20(2)14-16-28)26(3,4)34-18-21-10-8-7-9-11-21/h7-11,19-20,22-23,33H,5-6,12-18H2,1-4H3,(H,27,31)/t22-,23-/m1/s1. The van der Waals surface area contributed by atoms with Crippen LogP contribution in [0.25, 0.3) is 0 Å². The van der Waals surface area contributed by atoms with Crippen molar-refractivity contribution in [2.75, 3.05) is 19.6 Å². The van der Waals surface area contributed by atoms with E-state index in [1.54, 1.807) is 11.8 Å². The molecule has 0 aliphatic carbocycles. The van der Waals surface area contributed by atoms with E-state index < -0.39 is 16.7 Å². The van der Waals surface area contributed by atoms with Gasteiger partial charge in [0.2, 0.25) is 18.2 Å². The number of hydroxylamine groups is 2. The summed E-state index contributed by atoms with van der Waals surface area (Å²) in [5.74, 6) is 0.374. The van der Waals surface area contributed by atoms with Gasteiger partial charge < -0.3 is 10.2 Å². The lowest BCUT2D eigenvalue weighted by Crippen LogP contribution is -2.59. The second-order valence-electron chi connectivity index (χ2n) is 9.89. The van der Waals surface area contributed by atoms with Crippen molar-refractivity contribution >= 4 is 30.0 Å². The fourth-order valence-electron chi connectivity index (χ4n) is 4.16. The summed E-state index contributed by atoms with van der Waals surface area (Å²) in [5.41, 5.74) is 1.16. The molecule has 0 saturated carbocycles. The Morgan fingerprint density at radius 1 is 1.26 bits per heavy atom. The van der Waals surface area contributed by atoms with Crippen LogP contribution in [-0.4, -0.2) is 63.8 Å². The summed E-state index contributed by atoms with van der Waals surface area (Å²) in [4.78, 5) is 39.9. The number of carbonyl (C=O) groups is 3. The van der Waals surface area contributed by atoms with Gasteiger partial charge in [-0.2, -0.15) is 0 Å². The number of nitrogens with one attached hydrogen (secondary N) is 1. The first-order chi connectivity index (χ1) is 16.2. The van der Waals surface area contributed by atoms with Gasteiger partial charge in [0.15, 0.2) is 0 Å². The van der Waals surface area contributed by atoms with E-state index in [0.717, 1.165) is 37.0 Å². The fraction of sp³-hybridized carbons (Fsp3) is 0.654. The summed E-state index contributed by atoms with van der Waals surface area (Å²) in [6.45, 7) is 9.53. The van der Waals surface area contributed by atoms with Gasteiger partial charge in [-0.3, -0.25) is 19.6 Å². The Bertz CT molecular complexity index is 782. The zero-order valence-electron chi connectivity index (χ0n) is 21.0. The van der Waals surface area contributed by atoms with Gasteiger partial charge in [0.25, 0.3) is 0 Å². The molecule has 1 aliphatic heterocycles. The van der Waals surface area contributed by atoms with Gasteiger partial charge in [0.1, 0.15) is 6.04 Å². The van der Waals surface area contributed by atoms with Gasteiger partial charge in [0, 0.05) is 23.6 Å². The molecule has 1 saturated heterocycles. The largest absolute Gasteiger partial charge is 0.343 e. The third kappa shape index (κ3) is 8.62. The predicted molar refractivity (Wildman–Crippen MR) is 136 cm³/mol. The van der Waals surface area contributed by atoms with E-state index in [2.05, 4.69) is 24.4 Å². The predicted octanol–water partition coefficient (Wildman–Crippen LogP) is 4.10. The van der Waals surface area contributed by atoms with Gasteiger partial charge >= 0.3 is 0 Å². The molecule has 0 spiro atoms. The molecule has 0 bridgehead atoms. The zero-order chi connectivity index (χ0) is 25.1. The highest BCUT2D eigenvalue weighted by Crippen LogP contribution is 2.33. The molecule has 190 valence electrons. The Balaban J connectivity index is 2.22. The first-order valence-corrected chi connectivity index (χ1v) is 13.3. The van der Waals surface area contributed by atoms with E-state index in [-0.39, 0.29) is 18.4 Å². The van der Waals surface area contributed by atoms with Crippen LogP contribution in [0.4, 0.5) is 0 Å². The summed E-state index contributed by atoms with van der Waals surface area (Å²) in [6.07, 6.45) is 4.45. The number of amides is 3. The summed E-state index contributed by atoms with van der Waals surface area (Å²) >= 11 is 1.64. The Kier molecular flexibility index (Phi) is 11.4. The van der Waals surface area contributed by atoms with Crippen molar-refractivity contribution < 1.29 is 19.6 Å². The number of benzene rings is 1. The average molecular weight is 492 g/mol. The molecule has 3 amide bonds. The number of hydrogen-bond acceptors (Lipinski definition) is 5. The summed E-state index contributed by atoms with van der Waals surface area (Å²) in [7, 11) is 0. The Hall–Kier alpha value is -2.06. The van der Waals surface area contributed by atoms with Crippen LogP contribution in [0.1, 0.15) is 65.4 Å². The maximum Gasteiger partial charge on any atom is 0.246 e. The number of unbranched alkanes of at least 4 members (excludes halogenated alkanes) is 1. The highest BCUT2D eigenvalue weighted by Gasteiger charge is 2.41. The number of carbonyl (C=O) groups excluding carboxylic acids is 3. The molecule has 8 heteroatoms. The van der Waals surface area contributed by atoms with E-state index in [9.17, 15) is 19.6 Å². The number of nitrogens with zero attached hydrogens (tertiary/aromatic N) is 2. The van der Waals surface area contributed by atoms with Gasteiger partial charge in [-0.25, -0.2) is 5.06 Å². The molecular weight excluding hydrogens is 450 g/mol. The summed E-state index contributed by atoms with van der Waals surface area (Å²) in [6, 6.07) is 9.36. The number of hydrogen-bond donors (Lipinski definition) is 2. The monoisotopic (exact) mass is 491 g/mol. The maximum atomic E-state index is 13.7. The zero-order valence-corrected chi connectivity index (χ0v) is 21.9. The summed E-state index contributed by atoms with van der Waals surface area (Å²) in [5, 5.41) is 13.3. The first kappa shape index (κ1) is 28.2. The van der Waals surface area contributed by atoms with E-state index in [1.165, 1.54) is 0 Å². The van der Waals surface area contributed by atoms with Crippen molar-refractivity contribution in [2.24, 2.45) is 11.8 Å². The third-order valence-corrected chi connectivity index (χ3v) is 8.04. The van der Waals surface area contributed by atoms with Crippen LogP contribution in [0.3, 0.4) is 0 Å². The number of thioether (sulfide) groups is 1. The minimum absolute atomic E-state index is 0.0590. The lowest BCUT2D eigenvalue weighted by atomic mass is 9.95.